The van der Waals surface area contributed by atoms with Gasteiger partial charge in [0.25, 0.3) is 0 Å². The lowest BCUT2D eigenvalue weighted by molar-refractivity contribution is -0.138. The number of aliphatic hydroxyl groups is 1. The van der Waals surface area contributed by atoms with Gasteiger partial charge in [-0.15, -0.1) is 0 Å². The van der Waals surface area contributed by atoms with Gasteiger partial charge >= 0.3 is 6.03 Å². The zero-order valence-corrected chi connectivity index (χ0v) is 14.1. The number of nitrogens with one attached hydrogen (secondary N) is 2. The molecule has 1 aromatic carbocycles. The third kappa shape index (κ3) is 4.84. The number of carbonyl (C=O) groups excluding carboxylic acids is 2. The molecule has 0 radical (unpaired) electrons. The van der Waals surface area contributed by atoms with Crippen LogP contribution in [0.4, 0.5) is 10.5 Å². The summed E-state index contributed by atoms with van der Waals surface area (Å²) in [6.07, 6.45) is 0.786. The lowest BCUT2D eigenvalue weighted by Crippen LogP contribution is -2.58. The van der Waals surface area contributed by atoms with Crippen LogP contribution in [0, 0.1) is 0 Å². The van der Waals surface area contributed by atoms with Crippen LogP contribution in [0.2, 0.25) is 5.02 Å². The first-order valence-electron chi connectivity index (χ1n) is 7.60. The van der Waals surface area contributed by atoms with Gasteiger partial charge in [0.15, 0.2) is 0 Å². The van der Waals surface area contributed by atoms with Crippen LogP contribution in [0.3, 0.4) is 0 Å². The van der Waals surface area contributed by atoms with Crippen LogP contribution in [0.5, 0.6) is 0 Å². The number of piperidine rings is 1. The Balaban J connectivity index is 1.94. The molecule has 1 fully saturated rings. The summed E-state index contributed by atoms with van der Waals surface area (Å²) in [7, 11) is 0. The molecule has 1 aliphatic rings. The summed E-state index contributed by atoms with van der Waals surface area (Å²) < 4.78 is 0. The topological polar surface area (TPSA) is 81.7 Å². The molecule has 1 heterocycles. The summed E-state index contributed by atoms with van der Waals surface area (Å²) in [5.74, 6) is -0.161. The zero-order chi connectivity index (χ0) is 17.0. The van der Waals surface area contributed by atoms with E-state index in [-0.39, 0.29) is 12.0 Å². The lowest BCUT2D eigenvalue weighted by atomic mass is 10.0. The zero-order valence-electron chi connectivity index (χ0n) is 13.3. The van der Waals surface area contributed by atoms with Crippen molar-refractivity contribution in [1.29, 1.82) is 0 Å². The maximum atomic E-state index is 12.5. The molecule has 0 bridgehead atoms. The van der Waals surface area contributed by atoms with Crippen molar-refractivity contribution in [2.45, 2.75) is 38.3 Å². The highest BCUT2D eigenvalue weighted by Crippen LogP contribution is 2.17. The van der Waals surface area contributed by atoms with E-state index in [0.29, 0.717) is 36.6 Å². The smallest absolute Gasteiger partial charge is 0.320 e. The molecule has 0 saturated carbocycles. The van der Waals surface area contributed by atoms with E-state index < -0.39 is 11.6 Å². The Morgan fingerprint density at radius 3 is 2.57 bits per heavy atom. The summed E-state index contributed by atoms with van der Waals surface area (Å²) >= 11 is 5.87. The van der Waals surface area contributed by atoms with Crippen LogP contribution in [0.25, 0.3) is 0 Å². The summed E-state index contributed by atoms with van der Waals surface area (Å²) in [6.45, 7) is 4.33. The van der Waals surface area contributed by atoms with E-state index in [2.05, 4.69) is 10.6 Å². The largest absolute Gasteiger partial charge is 0.393 e. The summed E-state index contributed by atoms with van der Waals surface area (Å²) in [6, 6.07) is 6.31. The van der Waals surface area contributed by atoms with Gasteiger partial charge in [-0.3, -0.25) is 4.79 Å². The highest BCUT2D eigenvalue weighted by molar-refractivity contribution is 6.30. The molecule has 3 N–H and O–H groups in total. The number of benzene rings is 1. The van der Waals surface area contributed by atoms with Crippen molar-refractivity contribution >= 4 is 29.2 Å². The second kappa shape index (κ2) is 7.19. The number of amides is 3. The number of hydrogen-bond acceptors (Lipinski definition) is 3. The number of urea groups is 1. The summed E-state index contributed by atoms with van der Waals surface area (Å²) in [4.78, 5) is 26.3. The number of carbonyl (C=O) groups is 2. The van der Waals surface area contributed by atoms with Gasteiger partial charge in [0.2, 0.25) is 5.91 Å². The number of halogens is 1. The molecular formula is C16H22ClN3O3. The van der Waals surface area contributed by atoms with Gasteiger partial charge in [0, 0.05) is 23.8 Å². The van der Waals surface area contributed by atoms with Gasteiger partial charge in [0.05, 0.1) is 6.10 Å². The predicted octanol–water partition coefficient (Wildman–Crippen LogP) is 2.22. The Labute approximate surface area is 140 Å². The minimum absolute atomic E-state index is 0.161. The number of nitrogens with zero attached hydrogens (tertiary/aromatic N) is 1. The van der Waals surface area contributed by atoms with Crippen molar-refractivity contribution in [3.05, 3.63) is 29.3 Å². The standard InChI is InChI=1S/C16H22ClN3O3/c1-16(2,14(22)20-8-6-13(21)7-9-20)19-15(23)18-12-5-3-4-11(17)10-12/h3-5,10,13,21H,6-9H2,1-2H3,(H2,18,19,23). The molecule has 7 heteroatoms. The van der Waals surface area contributed by atoms with E-state index in [9.17, 15) is 14.7 Å². The van der Waals surface area contributed by atoms with E-state index in [1.54, 1.807) is 43.0 Å². The van der Waals surface area contributed by atoms with E-state index in [1.165, 1.54) is 0 Å². The van der Waals surface area contributed by atoms with Crippen molar-refractivity contribution in [1.82, 2.24) is 10.2 Å². The molecule has 6 nitrogen and oxygen atoms in total. The third-order valence-corrected chi connectivity index (χ3v) is 4.03. The molecule has 2 rings (SSSR count). The highest BCUT2D eigenvalue weighted by Gasteiger charge is 2.35. The summed E-state index contributed by atoms with van der Waals surface area (Å²) in [5, 5.41) is 15.4. The minimum Gasteiger partial charge on any atom is -0.393 e. The Hall–Kier alpha value is -1.79. The minimum atomic E-state index is -1.04. The Bertz CT molecular complexity index is 584. The SMILES string of the molecule is CC(C)(NC(=O)Nc1cccc(Cl)c1)C(=O)N1CCC(O)CC1. The molecule has 0 aromatic heterocycles. The van der Waals surface area contributed by atoms with Gasteiger partial charge in [-0.25, -0.2) is 4.79 Å². The van der Waals surface area contributed by atoms with Crippen LogP contribution in [-0.4, -0.2) is 46.7 Å². The van der Waals surface area contributed by atoms with E-state index in [0.717, 1.165) is 0 Å². The van der Waals surface area contributed by atoms with Crippen molar-refractivity contribution in [3.8, 4) is 0 Å². The fourth-order valence-electron chi connectivity index (χ4n) is 2.53. The number of rotatable bonds is 3. The van der Waals surface area contributed by atoms with Crippen LogP contribution in [0.15, 0.2) is 24.3 Å². The van der Waals surface area contributed by atoms with Crippen LogP contribution in [-0.2, 0) is 4.79 Å². The highest BCUT2D eigenvalue weighted by atomic mass is 35.5. The van der Waals surface area contributed by atoms with Gasteiger partial charge in [-0.05, 0) is 44.9 Å². The average Bonchev–Trinajstić information content (AvgIpc) is 2.46. The first-order valence-corrected chi connectivity index (χ1v) is 7.98. The fourth-order valence-corrected chi connectivity index (χ4v) is 2.72. The molecule has 1 aromatic rings. The maximum Gasteiger partial charge on any atom is 0.320 e. The first-order chi connectivity index (χ1) is 10.8. The van der Waals surface area contributed by atoms with Crippen LogP contribution >= 0.6 is 11.6 Å². The van der Waals surface area contributed by atoms with E-state index >= 15 is 0 Å². The number of anilines is 1. The first kappa shape index (κ1) is 17.6. The Morgan fingerprint density at radius 1 is 1.30 bits per heavy atom. The summed E-state index contributed by atoms with van der Waals surface area (Å²) in [5.41, 5.74) is -0.482. The Morgan fingerprint density at radius 2 is 1.96 bits per heavy atom. The number of hydrogen-bond donors (Lipinski definition) is 3. The predicted molar refractivity (Wildman–Crippen MR) is 89.5 cm³/mol. The normalized spacial score (nSPS) is 16.1. The molecule has 3 amide bonds. The molecule has 0 aliphatic carbocycles. The Kier molecular flexibility index (Phi) is 5.49. The van der Waals surface area contributed by atoms with E-state index in [1.807, 2.05) is 0 Å². The second-order valence-electron chi connectivity index (χ2n) is 6.24. The molecule has 0 unspecified atom stereocenters. The number of aliphatic hydroxyl groups excluding tert-OH is 1. The van der Waals surface area contributed by atoms with E-state index in [4.69, 9.17) is 11.6 Å². The van der Waals surface area contributed by atoms with Crippen LogP contribution < -0.4 is 10.6 Å². The number of likely N-dealkylation sites (tertiary alicyclic amines) is 1. The van der Waals surface area contributed by atoms with Crippen molar-refractivity contribution in [3.63, 3.8) is 0 Å². The molecular weight excluding hydrogens is 318 g/mol. The quantitative estimate of drug-likeness (QED) is 0.789. The molecule has 0 atom stereocenters. The average molecular weight is 340 g/mol. The van der Waals surface area contributed by atoms with Gasteiger partial charge in [-0.2, -0.15) is 0 Å². The van der Waals surface area contributed by atoms with Crippen molar-refractivity contribution < 1.29 is 14.7 Å². The van der Waals surface area contributed by atoms with Crippen LogP contribution in [0.1, 0.15) is 26.7 Å². The molecule has 0 spiro atoms. The molecule has 126 valence electrons. The molecule has 23 heavy (non-hydrogen) atoms. The van der Waals surface area contributed by atoms with Crippen molar-refractivity contribution in [2.24, 2.45) is 0 Å². The fraction of sp³-hybridized carbons (Fsp3) is 0.500. The second-order valence-corrected chi connectivity index (χ2v) is 6.67. The van der Waals surface area contributed by atoms with Gasteiger partial charge < -0.3 is 20.6 Å². The monoisotopic (exact) mass is 339 g/mol. The molecule has 1 aliphatic heterocycles. The molecule has 1 saturated heterocycles. The lowest BCUT2D eigenvalue weighted by Gasteiger charge is -2.36. The van der Waals surface area contributed by atoms with Gasteiger partial charge in [0.1, 0.15) is 5.54 Å². The van der Waals surface area contributed by atoms with Gasteiger partial charge in [-0.1, -0.05) is 17.7 Å². The maximum absolute atomic E-state index is 12.5. The third-order valence-electron chi connectivity index (χ3n) is 3.79. The van der Waals surface area contributed by atoms with Crippen molar-refractivity contribution in [2.75, 3.05) is 18.4 Å².